The van der Waals surface area contributed by atoms with Crippen molar-refractivity contribution in [3.05, 3.63) is 47.1 Å². The Labute approximate surface area is 118 Å². The van der Waals surface area contributed by atoms with Crippen molar-refractivity contribution in [2.45, 2.75) is 19.9 Å². The molecule has 0 unspecified atom stereocenters. The number of halogens is 1. The van der Waals surface area contributed by atoms with Crippen molar-refractivity contribution < 1.29 is 0 Å². The summed E-state index contributed by atoms with van der Waals surface area (Å²) >= 11 is 5.94. The average molecular weight is 277 g/mol. The molecular formula is C14H17ClN4. The molecular weight excluding hydrogens is 260 g/mol. The molecule has 0 amide bonds. The van der Waals surface area contributed by atoms with Crippen LogP contribution in [0.4, 0.5) is 11.8 Å². The molecule has 1 heterocycles. The molecule has 0 saturated carbocycles. The number of nitrogens with two attached hydrogens (primary N) is 1. The van der Waals surface area contributed by atoms with Crippen LogP contribution in [0.5, 0.6) is 0 Å². The highest BCUT2D eigenvalue weighted by Gasteiger charge is 2.10. The number of aromatic nitrogens is 2. The summed E-state index contributed by atoms with van der Waals surface area (Å²) in [4.78, 5) is 10.3. The van der Waals surface area contributed by atoms with Crippen molar-refractivity contribution in [1.82, 2.24) is 9.97 Å². The molecule has 0 radical (unpaired) electrons. The lowest BCUT2D eigenvalue weighted by Crippen LogP contribution is -2.25. The third-order valence-electron chi connectivity index (χ3n) is 2.73. The fraction of sp³-hybridized carbons (Fsp3) is 0.286. The molecule has 0 aliphatic carbocycles. The van der Waals surface area contributed by atoms with Crippen LogP contribution in [0.15, 0.2) is 36.4 Å². The third-order valence-corrected chi connectivity index (χ3v) is 2.93. The van der Waals surface area contributed by atoms with Gasteiger partial charge in [0.1, 0.15) is 11.0 Å². The number of anilines is 2. The third kappa shape index (κ3) is 3.83. The van der Waals surface area contributed by atoms with Crippen molar-refractivity contribution in [3.63, 3.8) is 0 Å². The van der Waals surface area contributed by atoms with Crippen LogP contribution in [0.3, 0.4) is 0 Å². The zero-order valence-electron chi connectivity index (χ0n) is 10.9. The van der Waals surface area contributed by atoms with Crippen LogP contribution in [-0.2, 0) is 6.54 Å². The second-order valence-electron chi connectivity index (χ2n) is 4.31. The van der Waals surface area contributed by atoms with Gasteiger partial charge in [-0.1, -0.05) is 48.9 Å². The van der Waals surface area contributed by atoms with Crippen LogP contribution in [0.1, 0.15) is 18.9 Å². The van der Waals surface area contributed by atoms with Crippen LogP contribution in [0.25, 0.3) is 0 Å². The van der Waals surface area contributed by atoms with Crippen molar-refractivity contribution in [2.75, 3.05) is 17.2 Å². The zero-order valence-corrected chi connectivity index (χ0v) is 11.6. The molecule has 0 aliphatic heterocycles. The average Bonchev–Trinajstić information content (AvgIpc) is 2.38. The van der Waals surface area contributed by atoms with E-state index in [4.69, 9.17) is 17.3 Å². The summed E-state index contributed by atoms with van der Waals surface area (Å²) in [5.41, 5.74) is 6.88. The fourth-order valence-corrected chi connectivity index (χ4v) is 2.12. The number of rotatable bonds is 5. The van der Waals surface area contributed by atoms with E-state index in [0.29, 0.717) is 5.15 Å². The van der Waals surface area contributed by atoms with Gasteiger partial charge in [-0.05, 0) is 12.0 Å². The van der Waals surface area contributed by atoms with Gasteiger partial charge in [0.15, 0.2) is 0 Å². The molecule has 0 saturated heterocycles. The molecule has 0 spiro atoms. The number of nitrogen functional groups attached to an aromatic ring is 1. The molecule has 19 heavy (non-hydrogen) atoms. The van der Waals surface area contributed by atoms with Gasteiger partial charge in [0.05, 0.1) is 0 Å². The maximum Gasteiger partial charge on any atom is 0.223 e. The van der Waals surface area contributed by atoms with Crippen LogP contribution in [-0.4, -0.2) is 16.5 Å². The number of benzene rings is 1. The first-order valence-corrected chi connectivity index (χ1v) is 6.65. The Morgan fingerprint density at radius 3 is 2.58 bits per heavy atom. The molecule has 4 nitrogen and oxygen atoms in total. The van der Waals surface area contributed by atoms with Gasteiger partial charge in [0.2, 0.25) is 5.95 Å². The zero-order chi connectivity index (χ0) is 13.7. The molecule has 0 fully saturated rings. The Bertz CT molecular complexity index is 510. The van der Waals surface area contributed by atoms with Gasteiger partial charge in [-0.15, -0.1) is 0 Å². The first kappa shape index (κ1) is 13.6. The molecule has 2 aromatic rings. The van der Waals surface area contributed by atoms with Gasteiger partial charge in [-0.2, -0.15) is 4.98 Å². The number of nitrogens with zero attached hydrogens (tertiary/aromatic N) is 3. The van der Waals surface area contributed by atoms with Crippen molar-refractivity contribution >= 4 is 23.4 Å². The highest BCUT2D eigenvalue weighted by atomic mass is 35.5. The minimum absolute atomic E-state index is 0.205. The Balaban J connectivity index is 2.24. The van der Waals surface area contributed by atoms with E-state index in [1.54, 1.807) is 6.07 Å². The second kappa shape index (κ2) is 6.38. The molecule has 1 aromatic carbocycles. The maximum atomic E-state index is 5.94. The first-order valence-electron chi connectivity index (χ1n) is 6.28. The summed E-state index contributed by atoms with van der Waals surface area (Å²) in [6, 6.07) is 12.0. The van der Waals surface area contributed by atoms with Crippen LogP contribution in [0, 0.1) is 0 Å². The lowest BCUT2D eigenvalue weighted by Gasteiger charge is -2.23. The fourth-order valence-electron chi connectivity index (χ4n) is 1.93. The quantitative estimate of drug-likeness (QED) is 0.853. The summed E-state index contributed by atoms with van der Waals surface area (Å²) in [6.45, 7) is 3.80. The van der Waals surface area contributed by atoms with E-state index in [1.165, 1.54) is 5.56 Å². The van der Waals surface area contributed by atoms with Crippen molar-refractivity contribution in [3.8, 4) is 0 Å². The van der Waals surface area contributed by atoms with Gasteiger partial charge < -0.3 is 10.6 Å². The number of hydrogen-bond acceptors (Lipinski definition) is 4. The minimum atomic E-state index is 0.205. The molecule has 5 heteroatoms. The largest absolute Gasteiger partial charge is 0.368 e. The lowest BCUT2D eigenvalue weighted by molar-refractivity contribution is 0.754. The highest BCUT2D eigenvalue weighted by Crippen LogP contribution is 2.19. The topological polar surface area (TPSA) is 55.0 Å². The number of hydrogen-bond donors (Lipinski definition) is 1. The highest BCUT2D eigenvalue weighted by molar-refractivity contribution is 6.29. The van der Waals surface area contributed by atoms with Crippen LogP contribution < -0.4 is 10.6 Å². The summed E-state index contributed by atoms with van der Waals surface area (Å²) in [6.07, 6.45) is 1.02. The van der Waals surface area contributed by atoms with E-state index in [2.05, 4.69) is 33.9 Å². The van der Waals surface area contributed by atoms with Gasteiger partial charge in [-0.25, -0.2) is 4.98 Å². The molecule has 100 valence electrons. The van der Waals surface area contributed by atoms with Crippen LogP contribution in [0.2, 0.25) is 5.15 Å². The minimum Gasteiger partial charge on any atom is -0.368 e. The second-order valence-corrected chi connectivity index (χ2v) is 4.70. The molecule has 0 bridgehead atoms. The lowest BCUT2D eigenvalue weighted by atomic mass is 10.2. The van der Waals surface area contributed by atoms with E-state index < -0.39 is 0 Å². The Morgan fingerprint density at radius 2 is 1.95 bits per heavy atom. The smallest absolute Gasteiger partial charge is 0.223 e. The molecule has 0 aliphatic rings. The van der Waals surface area contributed by atoms with Gasteiger partial charge >= 0.3 is 0 Å². The summed E-state index contributed by atoms with van der Waals surface area (Å²) in [5, 5.41) is 0.372. The molecule has 2 N–H and O–H groups in total. The molecule has 2 rings (SSSR count). The van der Waals surface area contributed by atoms with E-state index in [-0.39, 0.29) is 5.95 Å². The standard InChI is InChI=1S/C14H17ClN4/c1-2-8-19(10-11-6-4-3-5-7-11)13-9-12(15)17-14(16)18-13/h3-7,9H,2,8,10H2,1H3,(H2,16,17,18). The molecule has 1 aromatic heterocycles. The Hall–Kier alpha value is -1.81. The van der Waals surface area contributed by atoms with Gasteiger partial charge in [-0.3, -0.25) is 0 Å². The van der Waals surface area contributed by atoms with Gasteiger partial charge in [0, 0.05) is 19.2 Å². The van der Waals surface area contributed by atoms with E-state index in [1.807, 2.05) is 18.2 Å². The Kier molecular flexibility index (Phi) is 4.58. The van der Waals surface area contributed by atoms with Gasteiger partial charge in [0.25, 0.3) is 0 Å². The molecule has 0 atom stereocenters. The van der Waals surface area contributed by atoms with E-state index >= 15 is 0 Å². The van der Waals surface area contributed by atoms with Crippen molar-refractivity contribution in [2.24, 2.45) is 0 Å². The summed E-state index contributed by atoms with van der Waals surface area (Å²) in [7, 11) is 0. The predicted octanol–water partition coefficient (Wildman–Crippen LogP) is 3.13. The monoisotopic (exact) mass is 276 g/mol. The normalized spacial score (nSPS) is 10.4. The summed E-state index contributed by atoms with van der Waals surface area (Å²) in [5.74, 6) is 0.972. The summed E-state index contributed by atoms with van der Waals surface area (Å²) < 4.78 is 0. The van der Waals surface area contributed by atoms with Crippen molar-refractivity contribution in [1.29, 1.82) is 0 Å². The predicted molar refractivity (Wildman–Crippen MR) is 79.2 cm³/mol. The van der Waals surface area contributed by atoms with E-state index in [0.717, 1.165) is 25.3 Å². The van der Waals surface area contributed by atoms with Crippen LogP contribution >= 0.6 is 11.6 Å². The SMILES string of the molecule is CCCN(Cc1ccccc1)c1cc(Cl)nc(N)n1. The Morgan fingerprint density at radius 1 is 1.21 bits per heavy atom. The maximum absolute atomic E-state index is 5.94. The first-order chi connectivity index (χ1) is 9.19. The van der Waals surface area contributed by atoms with E-state index in [9.17, 15) is 0 Å².